The molecule has 2 aromatic rings. The molecule has 7 heteroatoms. The molecule has 0 saturated carbocycles. The van der Waals surface area contributed by atoms with Gasteiger partial charge in [0.15, 0.2) is 0 Å². The summed E-state index contributed by atoms with van der Waals surface area (Å²) in [5.41, 5.74) is 2.13. The molecule has 1 aromatic carbocycles. The van der Waals surface area contributed by atoms with E-state index in [1.165, 1.54) is 12.4 Å². The van der Waals surface area contributed by atoms with Crippen molar-refractivity contribution in [3.63, 3.8) is 0 Å². The Balaban J connectivity index is 1.52. The highest BCUT2D eigenvalue weighted by atomic mass is 16.2. The number of rotatable bonds is 3. The molecule has 146 valence electrons. The number of amides is 2. The number of carbonyl (C=O) groups excluding carboxylic acids is 2. The van der Waals surface area contributed by atoms with Crippen LogP contribution in [0.5, 0.6) is 0 Å². The number of benzene rings is 1. The predicted molar refractivity (Wildman–Crippen MR) is 106 cm³/mol. The number of piperidine rings is 1. The Morgan fingerprint density at radius 2 is 1.79 bits per heavy atom. The summed E-state index contributed by atoms with van der Waals surface area (Å²) in [6.07, 6.45) is 6.57. The van der Waals surface area contributed by atoms with Crippen molar-refractivity contribution in [3.8, 4) is 0 Å². The number of anilines is 1. The molecule has 4 heterocycles. The van der Waals surface area contributed by atoms with E-state index in [0.717, 1.165) is 18.5 Å². The van der Waals surface area contributed by atoms with Crippen LogP contribution in [0.3, 0.4) is 0 Å². The second kappa shape index (κ2) is 7.58. The molecule has 28 heavy (non-hydrogen) atoms. The van der Waals surface area contributed by atoms with Gasteiger partial charge in [-0.3, -0.25) is 14.6 Å². The Hall–Kier alpha value is -2.96. The molecule has 2 bridgehead atoms. The van der Waals surface area contributed by atoms with Crippen molar-refractivity contribution in [2.24, 2.45) is 5.92 Å². The zero-order valence-corrected chi connectivity index (χ0v) is 16.3. The fourth-order valence-corrected chi connectivity index (χ4v) is 4.14. The van der Waals surface area contributed by atoms with E-state index in [9.17, 15) is 9.59 Å². The van der Waals surface area contributed by atoms with Crippen LogP contribution >= 0.6 is 0 Å². The van der Waals surface area contributed by atoms with Crippen molar-refractivity contribution < 1.29 is 9.59 Å². The molecule has 0 spiro atoms. The van der Waals surface area contributed by atoms with Crippen LogP contribution in [0.4, 0.5) is 5.69 Å². The van der Waals surface area contributed by atoms with Crippen LogP contribution in [-0.4, -0.2) is 71.4 Å². The third-order valence-electron chi connectivity index (χ3n) is 5.67. The van der Waals surface area contributed by atoms with Crippen LogP contribution in [0.25, 0.3) is 0 Å². The lowest BCUT2D eigenvalue weighted by Gasteiger charge is -2.36. The molecule has 2 amide bonds. The minimum Gasteiger partial charge on any atom is -0.378 e. The lowest BCUT2D eigenvalue weighted by Crippen LogP contribution is -2.47. The van der Waals surface area contributed by atoms with Crippen LogP contribution < -0.4 is 4.90 Å². The normalized spacial score (nSPS) is 21.4. The molecular formula is C21H25N5O2. The van der Waals surface area contributed by atoms with Crippen molar-refractivity contribution in [2.45, 2.75) is 18.9 Å². The van der Waals surface area contributed by atoms with Gasteiger partial charge in [0.2, 0.25) is 0 Å². The second-order valence-electron chi connectivity index (χ2n) is 7.80. The highest BCUT2D eigenvalue weighted by Gasteiger charge is 2.39. The summed E-state index contributed by atoms with van der Waals surface area (Å²) in [5, 5.41) is 0. The topological polar surface area (TPSA) is 69.6 Å². The summed E-state index contributed by atoms with van der Waals surface area (Å²) >= 11 is 0. The number of hydrogen-bond donors (Lipinski definition) is 0. The third kappa shape index (κ3) is 3.56. The average molecular weight is 379 g/mol. The van der Waals surface area contributed by atoms with Crippen molar-refractivity contribution >= 4 is 17.5 Å². The van der Waals surface area contributed by atoms with Crippen LogP contribution in [0, 0.1) is 5.92 Å². The lowest BCUT2D eigenvalue weighted by molar-refractivity contribution is 0.0574. The maximum Gasteiger partial charge on any atom is 0.274 e. The van der Waals surface area contributed by atoms with Gasteiger partial charge in [-0.25, -0.2) is 4.98 Å². The van der Waals surface area contributed by atoms with Gasteiger partial charge in [0.1, 0.15) is 5.69 Å². The average Bonchev–Trinajstić information content (AvgIpc) is 3.05. The van der Waals surface area contributed by atoms with Crippen molar-refractivity contribution in [2.75, 3.05) is 38.6 Å². The minimum atomic E-state index is -0.102. The molecule has 0 N–H and O–H groups in total. The van der Waals surface area contributed by atoms with E-state index in [2.05, 4.69) is 9.97 Å². The first kappa shape index (κ1) is 18.4. The van der Waals surface area contributed by atoms with Gasteiger partial charge in [0.25, 0.3) is 11.8 Å². The van der Waals surface area contributed by atoms with E-state index >= 15 is 0 Å². The standard InChI is InChI=1S/C21H25N5O2/c1-24(2)17-7-4-16(5-8-17)20(27)26-13-15-3-6-18(26)14-25(12-15)21(28)19-11-22-9-10-23-19/h4-5,7-11,15,18H,3,6,12-14H2,1-2H3. The Bertz CT molecular complexity index is 853. The van der Waals surface area contributed by atoms with E-state index in [1.54, 1.807) is 6.20 Å². The van der Waals surface area contributed by atoms with Gasteiger partial charge in [0, 0.05) is 63.4 Å². The summed E-state index contributed by atoms with van der Waals surface area (Å²) in [6, 6.07) is 7.75. The first-order chi connectivity index (χ1) is 13.5. The number of nitrogens with zero attached hydrogens (tertiary/aromatic N) is 5. The van der Waals surface area contributed by atoms with Gasteiger partial charge in [0.05, 0.1) is 6.20 Å². The highest BCUT2D eigenvalue weighted by molar-refractivity contribution is 5.95. The van der Waals surface area contributed by atoms with Gasteiger partial charge in [-0.05, 0) is 43.0 Å². The van der Waals surface area contributed by atoms with E-state index < -0.39 is 0 Å². The van der Waals surface area contributed by atoms with Gasteiger partial charge in [-0.1, -0.05) is 0 Å². The SMILES string of the molecule is CN(C)c1ccc(C(=O)N2CC3CCC2CN(C(=O)c2cnccn2)C3)cc1. The van der Waals surface area contributed by atoms with E-state index in [0.29, 0.717) is 36.8 Å². The van der Waals surface area contributed by atoms with Crippen LogP contribution in [-0.2, 0) is 0 Å². The van der Waals surface area contributed by atoms with Crippen molar-refractivity contribution in [1.82, 2.24) is 19.8 Å². The highest BCUT2D eigenvalue weighted by Crippen LogP contribution is 2.30. The second-order valence-corrected chi connectivity index (χ2v) is 7.80. The first-order valence-electron chi connectivity index (χ1n) is 9.66. The van der Waals surface area contributed by atoms with Crippen LogP contribution in [0.15, 0.2) is 42.9 Å². The molecule has 1 aromatic heterocycles. The molecule has 3 saturated heterocycles. The van der Waals surface area contributed by atoms with Crippen molar-refractivity contribution in [3.05, 3.63) is 54.1 Å². The van der Waals surface area contributed by atoms with Gasteiger partial charge in [-0.2, -0.15) is 0 Å². The Morgan fingerprint density at radius 3 is 2.46 bits per heavy atom. The van der Waals surface area contributed by atoms with Crippen LogP contribution in [0.1, 0.15) is 33.7 Å². The maximum absolute atomic E-state index is 13.2. The smallest absolute Gasteiger partial charge is 0.274 e. The van der Waals surface area contributed by atoms with Gasteiger partial charge in [-0.15, -0.1) is 0 Å². The quantitative estimate of drug-likeness (QED) is 0.815. The first-order valence-corrected chi connectivity index (χ1v) is 9.66. The monoisotopic (exact) mass is 379 g/mol. The Labute approximate surface area is 165 Å². The molecule has 3 aliphatic heterocycles. The molecule has 2 unspecified atom stereocenters. The molecule has 0 radical (unpaired) electrons. The summed E-state index contributed by atoms with van der Waals surface area (Å²) in [4.78, 5) is 39.9. The van der Waals surface area contributed by atoms with Crippen LogP contribution in [0.2, 0.25) is 0 Å². The molecule has 7 nitrogen and oxygen atoms in total. The predicted octanol–water partition coefficient (Wildman–Crippen LogP) is 1.92. The number of fused-ring (bicyclic) bond motifs is 4. The molecule has 3 fully saturated rings. The minimum absolute atomic E-state index is 0.0420. The lowest BCUT2D eigenvalue weighted by atomic mass is 9.94. The summed E-state index contributed by atoms with van der Waals surface area (Å²) in [5.74, 6) is 0.243. The molecule has 5 rings (SSSR count). The Kier molecular flexibility index (Phi) is 4.98. The molecule has 2 atom stereocenters. The van der Waals surface area contributed by atoms with E-state index in [-0.39, 0.29) is 17.9 Å². The third-order valence-corrected chi connectivity index (χ3v) is 5.67. The number of hydrogen-bond acceptors (Lipinski definition) is 5. The zero-order valence-electron chi connectivity index (χ0n) is 16.3. The summed E-state index contributed by atoms with van der Waals surface area (Å²) in [7, 11) is 3.96. The van der Waals surface area contributed by atoms with Gasteiger partial charge >= 0.3 is 0 Å². The largest absolute Gasteiger partial charge is 0.378 e. The molecular weight excluding hydrogens is 354 g/mol. The van der Waals surface area contributed by atoms with E-state index in [1.807, 2.05) is 53.1 Å². The fraction of sp³-hybridized carbons (Fsp3) is 0.429. The van der Waals surface area contributed by atoms with Crippen molar-refractivity contribution in [1.29, 1.82) is 0 Å². The number of carbonyl (C=O) groups is 2. The zero-order chi connectivity index (χ0) is 19.7. The van der Waals surface area contributed by atoms with E-state index in [4.69, 9.17) is 0 Å². The van der Waals surface area contributed by atoms with Gasteiger partial charge < -0.3 is 14.7 Å². The maximum atomic E-state index is 13.2. The molecule has 0 aliphatic carbocycles. The summed E-state index contributed by atoms with van der Waals surface area (Å²) < 4.78 is 0. The summed E-state index contributed by atoms with van der Waals surface area (Å²) in [6.45, 7) is 1.91. The number of aromatic nitrogens is 2. The molecule has 3 aliphatic rings. The fourth-order valence-electron chi connectivity index (χ4n) is 4.14. The Morgan fingerprint density at radius 1 is 1.00 bits per heavy atom.